The fourth-order valence-electron chi connectivity index (χ4n) is 4.17. The molecule has 5 heteroatoms. The molecule has 0 aliphatic carbocycles. The summed E-state index contributed by atoms with van der Waals surface area (Å²) in [6, 6.07) is 10.9. The van der Waals surface area contributed by atoms with Gasteiger partial charge in [0.15, 0.2) is 0 Å². The van der Waals surface area contributed by atoms with Crippen molar-refractivity contribution in [1.29, 1.82) is 0 Å². The Morgan fingerprint density at radius 3 is 2.60 bits per heavy atom. The molecular weight excluding hydrogens is 334 g/mol. The minimum Gasteiger partial charge on any atom is -0.379 e. The monoisotopic (exact) mass is 359 g/mol. The molecule has 0 amide bonds. The molecule has 2 aliphatic rings. The van der Waals surface area contributed by atoms with Crippen LogP contribution in [0.15, 0.2) is 30.3 Å². The number of aromatic nitrogens is 1. The molecule has 2 fully saturated rings. The van der Waals surface area contributed by atoms with Crippen LogP contribution in [0.2, 0.25) is 5.02 Å². The van der Waals surface area contributed by atoms with Crippen LogP contribution in [0.3, 0.4) is 0 Å². The van der Waals surface area contributed by atoms with Gasteiger partial charge in [-0.3, -0.25) is 4.90 Å². The van der Waals surface area contributed by atoms with Crippen LogP contribution in [0.5, 0.6) is 0 Å². The number of hydrogen-bond donors (Lipinski definition) is 0. The summed E-state index contributed by atoms with van der Waals surface area (Å²) < 4.78 is 5.49. The summed E-state index contributed by atoms with van der Waals surface area (Å²) in [6.07, 6.45) is 2.45. The average molecular weight is 360 g/mol. The van der Waals surface area contributed by atoms with Crippen LogP contribution < -0.4 is 4.90 Å². The zero-order valence-corrected chi connectivity index (χ0v) is 15.6. The molecule has 0 bridgehead atoms. The second-order valence-electron chi connectivity index (χ2n) is 7.19. The lowest BCUT2D eigenvalue weighted by Gasteiger charge is -2.41. The summed E-state index contributed by atoms with van der Waals surface area (Å²) in [6.45, 7) is 8.44. The minimum absolute atomic E-state index is 0.644. The first-order valence-corrected chi connectivity index (χ1v) is 9.72. The zero-order chi connectivity index (χ0) is 17.2. The maximum Gasteiger partial charge on any atom is 0.129 e. The van der Waals surface area contributed by atoms with Crippen LogP contribution in [0.4, 0.5) is 5.82 Å². The quantitative estimate of drug-likeness (QED) is 0.832. The van der Waals surface area contributed by atoms with Gasteiger partial charge in [0, 0.05) is 37.6 Å². The van der Waals surface area contributed by atoms with Gasteiger partial charge in [0.25, 0.3) is 0 Å². The van der Waals surface area contributed by atoms with Gasteiger partial charge in [-0.05, 0) is 43.9 Å². The van der Waals surface area contributed by atoms with Gasteiger partial charge in [-0.1, -0.05) is 23.7 Å². The van der Waals surface area contributed by atoms with E-state index in [1.807, 2.05) is 12.1 Å². The fourth-order valence-corrected chi connectivity index (χ4v) is 4.39. The van der Waals surface area contributed by atoms with E-state index in [-0.39, 0.29) is 0 Å². The second kappa shape index (κ2) is 7.48. The number of para-hydroxylation sites is 1. The topological polar surface area (TPSA) is 28.6 Å². The summed E-state index contributed by atoms with van der Waals surface area (Å²) in [5.41, 5.74) is 0.908. The Bertz CT molecular complexity index is 724. The van der Waals surface area contributed by atoms with Crippen molar-refractivity contribution in [3.8, 4) is 0 Å². The van der Waals surface area contributed by atoms with Crippen LogP contribution in [-0.2, 0) is 4.74 Å². The average Bonchev–Trinajstić information content (AvgIpc) is 2.68. The van der Waals surface area contributed by atoms with Crippen molar-refractivity contribution in [2.45, 2.75) is 25.8 Å². The second-order valence-corrected chi connectivity index (χ2v) is 7.60. The van der Waals surface area contributed by atoms with Crippen molar-refractivity contribution in [1.82, 2.24) is 9.88 Å². The van der Waals surface area contributed by atoms with Gasteiger partial charge in [0.2, 0.25) is 0 Å². The number of anilines is 1. The fraction of sp³-hybridized carbons (Fsp3) is 0.550. The highest BCUT2D eigenvalue weighted by Gasteiger charge is 2.29. The molecule has 0 N–H and O–H groups in total. The van der Waals surface area contributed by atoms with Crippen molar-refractivity contribution < 1.29 is 4.74 Å². The summed E-state index contributed by atoms with van der Waals surface area (Å²) in [5.74, 6) is 1.82. The van der Waals surface area contributed by atoms with E-state index in [9.17, 15) is 0 Å². The Morgan fingerprint density at radius 1 is 1.08 bits per heavy atom. The van der Waals surface area contributed by atoms with Gasteiger partial charge < -0.3 is 9.64 Å². The molecule has 4 rings (SSSR count). The number of fused-ring (bicyclic) bond motifs is 1. The number of pyridine rings is 1. The van der Waals surface area contributed by atoms with Crippen LogP contribution in [0.25, 0.3) is 10.9 Å². The van der Waals surface area contributed by atoms with E-state index in [2.05, 4.69) is 34.9 Å². The van der Waals surface area contributed by atoms with E-state index in [1.54, 1.807) is 0 Å². The van der Waals surface area contributed by atoms with Crippen molar-refractivity contribution in [2.24, 2.45) is 5.92 Å². The third kappa shape index (κ3) is 3.62. The molecule has 0 radical (unpaired) electrons. The zero-order valence-electron chi connectivity index (χ0n) is 14.8. The number of nitrogens with zero attached hydrogens (tertiary/aromatic N) is 3. The lowest BCUT2D eigenvalue weighted by molar-refractivity contribution is 0.00448. The Labute approximate surface area is 154 Å². The van der Waals surface area contributed by atoms with E-state index in [0.29, 0.717) is 6.04 Å². The highest BCUT2D eigenvalue weighted by Crippen LogP contribution is 2.29. The molecule has 25 heavy (non-hydrogen) atoms. The minimum atomic E-state index is 0.644. The van der Waals surface area contributed by atoms with Gasteiger partial charge in [0.05, 0.1) is 23.8 Å². The molecule has 1 aromatic carbocycles. The Balaban J connectivity index is 1.42. The van der Waals surface area contributed by atoms with Gasteiger partial charge in [-0.2, -0.15) is 0 Å². The summed E-state index contributed by atoms with van der Waals surface area (Å²) >= 11 is 6.32. The van der Waals surface area contributed by atoms with Crippen LogP contribution in [0, 0.1) is 5.92 Å². The van der Waals surface area contributed by atoms with E-state index in [1.165, 1.54) is 12.8 Å². The Kier molecular flexibility index (Phi) is 5.11. The normalized spacial score (nSPS) is 21.6. The lowest BCUT2D eigenvalue weighted by atomic mass is 9.89. The van der Waals surface area contributed by atoms with Crippen LogP contribution in [-0.4, -0.2) is 55.3 Å². The number of piperidine rings is 1. The highest BCUT2D eigenvalue weighted by molar-refractivity contribution is 6.35. The summed E-state index contributed by atoms with van der Waals surface area (Å²) in [7, 11) is 0. The van der Waals surface area contributed by atoms with Gasteiger partial charge >= 0.3 is 0 Å². The number of ether oxygens (including phenoxy) is 1. The molecule has 2 saturated heterocycles. The Hall–Kier alpha value is -1.36. The smallest absolute Gasteiger partial charge is 0.129 e. The number of morpholine rings is 1. The molecule has 0 spiro atoms. The third-order valence-electron chi connectivity index (χ3n) is 5.82. The number of halogens is 1. The first-order chi connectivity index (χ1) is 12.2. The molecule has 1 unspecified atom stereocenters. The summed E-state index contributed by atoms with van der Waals surface area (Å²) in [5, 5.41) is 1.84. The number of hydrogen-bond acceptors (Lipinski definition) is 4. The molecule has 4 nitrogen and oxygen atoms in total. The standard InChI is InChI=1S/C20H26ClN3O/c1-15(23-11-13-25-14-12-23)16-7-9-24(10-8-16)19-6-5-17-3-2-4-18(21)20(17)22-19/h2-6,15-16H,7-14H2,1H3. The van der Waals surface area contributed by atoms with Gasteiger partial charge in [-0.25, -0.2) is 4.98 Å². The van der Waals surface area contributed by atoms with E-state index in [0.717, 1.165) is 67.1 Å². The maximum absolute atomic E-state index is 6.32. The van der Waals surface area contributed by atoms with Crippen LogP contribution in [0.1, 0.15) is 19.8 Å². The van der Waals surface area contributed by atoms with E-state index in [4.69, 9.17) is 21.3 Å². The van der Waals surface area contributed by atoms with Crippen LogP contribution >= 0.6 is 11.6 Å². The Morgan fingerprint density at radius 2 is 1.84 bits per heavy atom. The van der Waals surface area contributed by atoms with Crippen molar-refractivity contribution in [3.05, 3.63) is 35.4 Å². The third-order valence-corrected chi connectivity index (χ3v) is 6.13. The molecular formula is C20H26ClN3O. The SMILES string of the molecule is CC(C1CCN(c2ccc3cccc(Cl)c3n2)CC1)N1CCOCC1. The van der Waals surface area contributed by atoms with Crippen molar-refractivity contribution >= 4 is 28.3 Å². The van der Waals surface area contributed by atoms with Gasteiger partial charge in [-0.15, -0.1) is 0 Å². The van der Waals surface area contributed by atoms with Gasteiger partial charge in [0.1, 0.15) is 5.82 Å². The maximum atomic E-state index is 6.32. The molecule has 134 valence electrons. The number of benzene rings is 1. The molecule has 0 saturated carbocycles. The number of rotatable bonds is 3. The largest absolute Gasteiger partial charge is 0.379 e. The predicted octanol–water partition coefficient (Wildman–Crippen LogP) is 3.83. The molecule has 3 heterocycles. The highest BCUT2D eigenvalue weighted by atomic mass is 35.5. The molecule has 2 aliphatic heterocycles. The summed E-state index contributed by atoms with van der Waals surface area (Å²) in [4.78, 5) is 9.83. The first-order valence-electron chi connectivity index (χ1n) is 9.34. The predicted molar refractivity (Wildman–Crippen MR) is 104 cm³/mol. The molecule has 1 atom stereocenters. The van der Waals surface area contributed by atoms with E-state index < -0.39 is 0 Å². The van der Waals surface area contributed by atoms with E-state index >= 15 is 0 Å². The lowest BCUT2D eigenvalue weighted by Crippen LogP contribution is -2.48. The molecule has 1 aromatic heterocycles. The first kappa shape index (κ1) is 17.1. The van der Waals surface area contributed by atoms with Crippen molar-refractivity contribution in [3.63, 3.8) is 0 Å². The molecule has 2 aromatic rings. The van der Waals surface area contributed by atoms with Crippen molar-refractivity contribution in [2.75, 3.05) is 44.3 Å².